The second-order valence-corrected chi connectivity index (χ2v) is 22.5. The second kappa shape index (κ2) is 18.1. The quantitative estimate of drug-likeness (QED) is 0.0574. The molecule has 3 fully saturated rings. The Morgan fingerprint density at radius 2 is 1.68 bits per heavy atom. The van der Waals surface area contributed by atoms with Crippen LogP contribution in [0, 0.1) is 5.92 Å². The molecule has 1 amide bonds. The Balaban J connectivity index is 0.947. The van der Waals surface area contributed by atoms with Gasteiger partial charge in [0.2, 0.25) is 5.56 Å². The Labute approximate surface area is 349 Å². The maximum absolute atomic E-state index is 13.0. The minimum absolute atomic E-state index is 0.00429. The number of ether oxygens (including phenoxy) is 1. The SMILES string of the molecule is CC(C)(C)[Si](C)(C)O[C@@H](CNCCc1ccc(OCCCc2ccc(-c3ccccc3)c(N(C(=O)O)[C@H]3CN4CCC3CC4)c2)cc1)c1ccc(O)c2[nH]c(=O)ccc12. The number of nitrogens with one attached hydrogen (secondary N) is 2. The van der Waals surface area contributed by atoms with Gasteiger partial charge in [-0.05, 0) is 128 Å². The van der Waals surface area contributed by atoms with Crippen molar-refractivity contribution in [2.24, 2.45) is 5.92 Å². The zero-order valence-electron chi connectivity index (χ0n) is 35.2. The van der Waals surface area contributed by atoms with Gasteiger partial charge in [0, 0.05) is 30.1 Å². The molecule has 4 N–H and O–H groups in total. The molecule has 11 heteroatoms. The fourth-order valence-corrected chi connectivity index (χ4v) is 9.69. The molecule has 0 spiro atoms. The summed E-state index contributed by atoms with van der Waals surface area (Å²) in [5.41, 5.74) is 6.14. The van der Waals surface area contributed by atoms with Crippen LogP contribution < -0.4 is 20.5 Å². The number of aromatic hydroxyl groups is 1. The van der Waals surface area contributed by atoms with E-state index in [1.165, 1.54) is 11.6 Å². The molecular weight excluding hydrogens is 757 g/mol. The Morgan fingerprint density at radius 3 is 2.36 bits per heavy atom. The van der Waals surface area contributed by atoms with Crippen LogP contribution in [0.4, 0.5) is 10.5 Å². The highest BCUT2D eigenvalue weighted by Gasteiger charge is 2.41. The van der Waals surface area contributed by atoms with E-state index < -0.39 is 14.4 Å². The number of phenols is 1. The molecule has 4 aromatic carbocycles. The molecule has 5 aromatic rings. The minimum atomic E-state index is -2.18. The summed E-state index contributed by atoms with van der Waals surface area (Å²) < 4.78 is 13.1. The number of hydrogen-bond acceptors (Lipinski definition) is 7. The smallest absolute Gasteiger partial charge is 0.412 e. The van der Waals surface area contributed by atoms with Gasteiger partial charge in [-0.3, -0.25) is 9.69 Å². The molecular formula is C48H60N4O6Si. The van der Waals surface area contributed by atoms with Gasteiger partial charge in [-0.25, -0.2) is 4.79 Å². The van der Waals surface area contributed by atoms with Gasteiger partial charge in [0.1, 0.15) is 11.5 Å². The lowest BCUT2D eigenvalue weighted by Crippen LogP contribution is -2.59. The number of H-pyrrole nitrogens is 1. The van der Waals surface area contributed by atoms with Gasteiger partial charge in [-0.2, -0.15) is 0 Å². The summed E-state index contributed by atoms with van der Waals surface area (Å²) in [7, 11) is -2.18. The average molecular weight is 817 g/mol. The van der Waals surface area contributed by atoms with E-state index in [0.29, 0.717) is 24.6 Å². The van der Waals surface area contributed by atoms with Crippen molar-refractivity contribution < 1.29 is 24.2 Å². The molecule has 4 heterocycles. The summed E-state index contributed by atoms with van der Waals surface area (Å²) >= 11 is 0. The highest BCUT2D eigenvalue weighted by Crippen LogP contribution is 2.42. The monoisotopic (exact) mass is 816 g/mol. The largest absolute Gasteiger partial charge is 0.506 e. The van der Waals surface area contributed by atoms with E-state index >= 15 is 0 Å². The molecule has 59 heavy (non-hydrogen) atoms. The summed E-state index contributed by atoms with van der Waals surface area (Å²) in [6.07, 6.45) is 3.33. The number of pyridine rings is 1. The van der Waals surface area contributed by atoms with Crippen molar-refractivity contribution in [3.63, 3.8) is 0 Å². The summed E-state index contributed by atoms with van der Waals surface area (Å²) in [6, 6.07) is 31.4. The summed E-state index contributed by atoms with van der Waals surface area (Å²) in [4.78, 5) is 31.9. The van der Waals surface area contributed by atoms with Crippen molar-refractivity contribution in [3.8, 4) is 22.6 Å². The van der Waals surface area contributed by atoms with Crippen molar-refractivity contribution in [2.45, 2.75) is 83.2 Å². The number of nitrogens with zero attached hydrogens (tertiary/aromatic N) is 2. The lowest BCUT2D eigenvalue weighted by molar-refractivity contribution is 0.0837. The first-order chi connectivity index (χ1) is 28.3. The topological polar surface area (TPSA) is 127 Å². The van der Waals surface area contributed by atoms with E-state index in [0.717, 1.165) is 97.4 Å². The van der Waals surface area contributed by atoms with Crippen LogP contribution in [0.3, 0.4) is 0 Å². The number of aromatic nitrogens is 1. The van der Waals surface area contributed by atoms with Crippen LogP contribution in [0.2, 0.25) is 18.1 Å². The van der Waals surface area contributed by atoms with Gasteiger partial charge >= 0.3 is 6.09 Å². The molecule has 2 bridgehead atoms. The Bertz CT molecular complexity index is 2260. The van der Waals surface area contributed by atoms with Crippen LogP contribution in [-0.2, 0) is 17.3 Å². The van der Waals surface area contributed by atoms with Crippen molar-refractivity contribution in [3.05, 3.63) is 124 Å². The third-order valence-electron chi connectivity index (χ3n) is 12.8. The average Bonchev–Trinajstić information content (AvgIpc) is 3.22. The van der Waals surface area contributed by atoms with Gasteiger partial charge < -0.3 is 34.6 Å². The number of hydrogen-bond donors (Lipinski definition) is 4. The first kappa shape index (κ1) is 42.2. The molecule has 10 nitrogen and oxygen atoms in total. The Morgan fingerprint density at radius 1 is 0.949 bits per heavy atom. The van der Waals surface area contributed by atoms with E-state index in [1.807, 2.05) is 36.4 Å². The molecule has 2 atom stereocenters. The molecule has 0 aliphatic carbocycles. The lowest BCUT2D eigenvalue weighted by atomic mass is 9.82. The van der Waals surface area contributed by atoms with Crippen molar-refractivity contribution >= 4 is 31.0 Å². The second-order valence-electron chi connectivity index (χ2n) is 17.8. The third kappa shape index (κ3) is 9.92. The summed E-state index contributed by atoms with van der Waals surface area (Å²) in [5, 5.41) is 25.5. The van der Waals surface area contributed by atoms with Crippen molar-refractivity contribution in [2.75, 3.05) is 44.2 Å². The fourth-order valence-electron chi connectivity index (χ4n) is 8.42. The molecule has 3 aliphatic rings. The molecule has 0 radical (unpaired) electrons. The number of carbonyl (C=O) groups is 1. The van der Waals surface area contributed by atoms with Gasteiger partial charge in [0.15, 0.2) is 8.32 Å². The number of amides is 1. The summed E-state index contributed by atoms with van der Waals surface area (Å²) in [5.74, 6) is 1.24. The highest BCUT2D eigenvalue weighted by atomic mass is 28.4. The zero-order valence-corrected chi connectivity index (χ0v) is 36.2. The normalized spacial score (nSPS) is 18.5. The maximum Gasteiger partial charge on any atom is 0.412 e. The van der Waals surface area contributed by atoms with Gasteiger partial charge in [-0.1, -0.05) is 81.4 Å². The predicted molar refractivity (Wildman–Crippen MR) is 239 cm³/mol. The molecule has 3 saturated heterocycles. The lowest BCUT2D eigenvalue weighted by Gasteiger charge is -2.48. The van der Waals surface area contributed by atoms with E-state index in [4.69, 9.17) is 9.16 Å². The molecule has 0 unspecified atom stereocenters. The zero-order chi connectivity index (χ0) is 41.7. The molecule has 0 saturated carbocycles. The number of phenolic OH excluding ortho intramolecular Hbond substituents is 1. The number of anilines is 1. The predicted octanol–water partition coefficient (Wildman–Crippen LogP) is 9.39. The number of carboxylic acid groups (broad SMARTS) is 1. The standard InChI is InChI=1S/C48H60N4O6Si/c1-48(2,3)59(4,5)58-44(39-19-21-43(53)46-40(39)20-22-45(54)50-46)31-49-26-23-33-13-16-37(17-14-33)57-29-9-10-34-15-18-38(35-11-7-6-8-12-35)41(30-34)52(47(55)56)42-32-51-27-24-36(42)25-28-51/h6-8,11-22,30,36,42,44,49,53H,9-10,23-29,31-32H2,1-5H3,(H,50,54)(H,55,56)/t42-,44-/m0/s1. The third-order valence-corrected chi connectivity index (χ3v) is 17.3. The van der Waals surface area contributed by atoms with Crippen LogP contribution in [0.1, 0.15) is 62.8 Å². The van der Waals surface area contributed by atoms with Crippen molar-refractivity contribution in [1.29, 1.82) is 0 Å². The number of fused-ring (bicyclic) bond motifs is 4. The first-order valence-corrected chi connectivity index (χ1v) is 24.1. The van der Waals surface area contributed by atoms with E-state index in [9.17, 15) is 19.8 Å². The Kier molecular flexibility index (Phi) is 13.0. The number of aryl methyl sites for hydroxylation is 1. The Hall–Kier alpha value is -4.94. The van der Waals surface area contributed by atoms with Gasteiger partial charge in [0.05, 0.1) is 30.0 Å². The van der Waals surface area contributed by atoms with Crippen LogP contribution >= 0.6 is 0 Å². The van der Waals surface area contributed by atoms with Crippen molar-refractivity contribution in [1.82, 2.24) is 15.2 Å². The van der Waals surface area contributed by atoms with Crippen LogP contribution in [0.15, 0.2) is 102 Å². The fraction of sp³-hybridized carbons (Fsp3) is 0.417. The number of aromatic amines is 1. The molecule has 1 aromatic heterocycles. The van der Waals surface area contributed by atoms with Crippen LogP contribution in [0.25, 0.3) is 22.0 Å². The summed E-state index contributed by atoms with van der Waals surface area (Å²) in [6.45, 7) is 15.9. The van der Waals surface area contributed by atoms with Gasteiger partial charge in [0.25, 0.3) is 0 Å². The minimum Gasteiger partial charge on any atom is -0.506 e. The van der Waals surface area contributed by atoms with E-state index in [1.54, 1.807) is 17.0 Å². The maximum atomic E-state index is 13.0. The number of piperidine rings is 3. The van der Waals surface area contributed by atoms with E-state index in [2.05, 4.69) is 91.5 Å². The number of benzene rings is 4. The van der Waals surface area contributed by atoms with Crippen LogP contribution in [-0.4, -0.2) is 79.9 Å². The molecule has 8 rings (SSSR count). The highest BCUT2D eigenvalue weighted by molar-refractivity contribution is 6.74. The first-order valence-electron chi connectivity index (χ1n) is 21.2. The van der Waals surface area contributed by atoms with E-state index in [-0.39, 0.29) is 28.5 Å². The molecule has 312 valence electrons. The van der Waals surface area contributed by atoms with Crippen LogP contribution in [0.5, 0.6) is 11.5 Å². The van der Waals surface area contributed by atoms with Gasteiger partial charge in [-0.15, -0.1) is 0 Å². The number of rotatable bonds is 16. The molecule has 3 aliphatic heterocycles.